The maximum absolute atomic E-state index is 5.60. The third-order valence-electron chi connectivity index (χ3n) is 1.40. The second-order valence-corrected chi connectivity index (χ2v) is 2.55. The fourth-order valence-corrected chi connectivity index (χ4v) is 0.749. The quantitative estimate of drug-likeness (QED) is 0.634. The topological polar surface area (TPSA) is 38.9 Å². The van der Waals surface area contributed by atoms with Crippen LogP contribution in [0.25, 0.3) is 0 Å². The predicted molar refractivity (Wildman–Crippen MR) is 41.6 cm³/mol. The molecule has 2 N–H and O–H groups in total. The van der Waals surface area contributed by atoms with Crippen LogP contribution in [0.5, 0.6) is 0 Å². The number of nitrogens with zero attached hydrogens (tertiary/aromatic N) is 1. The summed E-state index contributed by atoms with van der Waals surface area (Å²) in [5.74, 6) is 0. The molecule has 10 heavy (non-hydrogen) atoms. The zero-order valence-electron chi connectivity index (χ0n) is 6.33. The van der Waals surface area contributed by atoms with Gasteiger partial charge in [0.05, 0.1) is 5.69 Å². The maximum atomic E-state index is 5.60. The van der Waals surface area contributed by atoms with Gasteiger partial charge in [-0.2, -0.15) is 0 Å². The van der Waals surface area contributed by atoms with Gasteiger partial charge >= 0.3 is 0 Å². The molecule has 2 heteroatoms. The van der Waals surface area contributed by atoms with Crippen LogP contribution < -0.4 is 5.73 Å². The van der Waals surface area contributed by atoms with E-state index in [1.807, 2.05) is 32.2 Å². The normalized spacial score (nSPS) is 13.1. The summed E-state index contributed by atoms with van der Waals surface area (Å²) >= 11 is 0. The Balaban J connectivity index is 2.89. The average Bonchev–Trinajstić information content (AvgIpc) is 1.88. The summed E-state index contributed by atoms with van der Waals surface area (Å²) in [5.41, 5.74) is 7.72. The van der Waals surface area contributed by atoms with Crippen LogP contribution in [-0.4, -0.2) is 4.98 Å². The van der Waals surface area contributed by atoms with Crippen LogP contribution in [-0.2, 0) is 0 Å². The van der Waals surface area contributed by atoms with E-state index in [4.69, 9.17) is 5.73 Å². The Kier molecular flexibility index (Phi) is 2.02. The molecule has 0 fully saturated rings. The highest BCUT2D eigenvalue weighted by molar-refractivity contribution is 5.13. The van der Waals surface area contributed by atoms with Gasteiger partial charge in [0.2, 0.25) is 0 Å². The molecule has 0 amide bonds. The first-order chi connectivity index (χ1) is 4.70. The molecule has 0 spiro atoms. The largest absolute Gasteiger partial charge is 0.323 e. The van der Waals surface area contributed by atoms with Crippen molar-refractivity contribution < 1.29 is 0 Å². The monoisotopic (exact) mass is 136 g/mol. The Bertz CT molecular complexity index is 201. The van der Waals surface area contributed by atoms with Crippen molar-refractivity contribution in [2.75, 3.05) is 0 Å². The average molecular weight is 136 g/mol. The van der Waals surface area contributed by atoms with Gasteiger partial charge in [0.25, 0.3) is 0 Å². The number of aryl methyl sites for hydroxylation is 1. The first kappa shape index (κ1) is 7.22. The van der Waals surface area contributed by atoms with Crippen LogP contribution in [0.3, 0.4) is 0 Å². The molecule has 1 atom stereocenters. The summed E-state index contributed by atoms with van der Waals surface area (Å²) < 4.78 is 0. The summed E-state index contributed by atoms with van der Waals surface area (Å²) in [5, 5.41) is 0. The van der Waals surface area contributed by atoms with E-state index in [2.05, 4.69) is 4.98 Å². The minimum atomic E-state index is 0.0422. The molecular formula is C8H12N2. The van der Waals surface area contributed by atoms with Crippen molar-refractivity contribution in [3.8, 4) is 0 Å². The molecule has 0 aliphatic rings. The third kappa shape index (κ3) is 1.54. The van der Waals surface area contributed by atoms with E-state index in [1.54, 1.807) is 0 Å². The van der Waals surface area contributed by atoms with Gasteiger partial charge in [-0.15, -0.1) is 0 Å². The summed E-state index contributed by atoms with van der Waals surface area (Å²) in [4.78, 5) is 4.15. The number of hydrogen-bond donors (Lipinski definition) is 1. The van der Waals surface area contributed by atoms with E-state index >= 15 is 0 Å². The first-order valence-electron chi connectivity index (χ1n) is 3.38. The molecule has 2 nitrogen and oxygen atoms in total. The Hall–Kier alpha value is -0.890. The fraction of sp³-hybridized carbons (Fsp3) is 0.375. The van der Waals surface area contributed by atoms with Crippen LogP contribution in [0.2, 0.25) is 0 Å². The van der Waals surface area contributed by atoms with Gasteiger partial charge in [-0.3, -0.25) is 4.98 Å². The van der Waals surface area contributed by atoms with Crippen molar-refractivity contribution in [1.82, 2.24) is 4.98 Å². The molecule has 0 aliphatic heterocycles. The second kappa shape index (κ2) is 2.80. The zero-order valence-corrected chi connectivity index (χ0v) is 6.33. The van der Waals surface area contributed by atoms with Gasteiger partial charge in [-0.05, 0) is 25.5 Å². The van der Waals surface area contributed by atoms with Crippen LogP contribution in [0.4, 0.5) is 0 Å². The Morgan fingerprint density at radius 2 is 2.20 bits per heavy atom. The molecule has 0 radical (unpaired) electrons. The smallest absolute Gasteiger partial charge is 0.0568 e. The fourth-order valence-electron chi connectivity index (χ4n) is 0.749. The highest BCUT2D eigenvalue weighted by atomic mass is 14.7. The predicted octanol–water partition coefficient (Wildman–Crippen LogP) is 1.41. The number of nitrogens with two attached hydrogens (primary N) is 1. The molecule has 54 valence electrons. The highest BCUT2D eigenvalue weighted by Crippen LogP contribution is 2.05. The van der Waals surface area contributed by atoms with Crippen molar-refractivity contribution in [1.29, 1.82) is 0 Å². The Labute approximate surface area is 61.1 Å². The molecule has 1 rings (SSSR count). The van der Waals surface area contributed by atoms with Gasteiger partial charge in [-0.1, -0.05) is 6.07 Å². The van der Waals surface area contributed by atoms with E-state index < -0.39 is 0 Å². The van der Waals surface area contributed by atoms with Crippen LogP contribution in [0.1, 0.15) is 24.2 Å². The van der Waals surface area contributed by atoms with Crippen LogP contribution >= 0.6 is 0 Å². The van der Waals surface area contributed by atoms with Crippen LogP contribution in [0, 0.1) is 6.92 Å². The van der Waals surface area contributed by atoms with E-state index in [9.17, 15) is 0 Å². The van der Waals surface area contributed by atoms with Crippen molar-refractivity contribution in [3.63, 3.8) is 0 Å². The van der Waals surface area contributed by atoms with Crippen molar-refractivity contribution >= 4 is 0 Å². The van der Waals surface area contributed by atoms with Crippen molar-refractivity contribution in [3.05, 3.63) is 29.6 Å². The summed E-state index contributed by atoms with van der Waals surface area (Å²) in [7, 11) is 0. The van der Waals surface area contributed by atoms with Gasteiger partial charge in [0, 0.05) is 12.2 Å². The lowest BCUT2D eigenvalue weighted by Gasteiger charge is -2.02. The maximum Gasteiger partial charge on any atom is 0.0568 e. The Morgan fingerprint density at radius 1 is 1.50 bits per heavy atom. The van der Waals surface area contributed by atoms with Gasteiger partial charge < -0.3 is 5.73 Å². The summed E-state index contributed by atoms with van der Waals surface area (Å²) in [6, 6.07) is 4.02. The lowest BCUT2D eigenvalue weighted by Crippen LogP contribution is -2.06. The van der Waals surface area contributed by atoms with Crippen molar-refractivity contribution in [2.24, 2.45) is 5.73 Å². The second-order valence-electron chi connectivity index (χ2n) is 2.55. The molecule has 0 bridgehead atoms. The number of rotatable bonds is 1. The molecule has 1 aromatic heterocycles. The SMILES string of the molecule is Cc1ccc(C(C)N)nc1. The molecule has 1 aromatic rings. The molecule has 1 unspecified atom stereocenters. The molecule has 0 saturated carbocycles. The molecule has 0 aromatic carbocycles. The number of hydrogen-bond acceptors (Lipinski definition) is 2. The molecular weight excluding hydrogens is 124 g/mol. The minimum absolute atomic E-state index is 0.0422. The summed E-state index contributed by atoms with van der Waals surface area (Å²) in [6.45, 7) is 3.94. The van der Waals surface area contributed by atoms with E-state index in [0.717, 1.165) is 5.69 Å². The van der Waals surface area contributed by atoms with Gasteiger partial charge in [0.15, 0.2) is 0 Å². The molecule has 1 heterocycles. The standard InChI is InChI=1S/C8H12N2/c1-6-3-4-8(7(2)9)10-5-6/h3-5,7H,9H2,1-2H3. The molecule has 0 saturated heterocycles. The van der Waals surface area contributed by atoms with Gasteiger partial charge in [0.1, 0.15) is 0 Å². The number of pyridine rings is 1. The van der Waals surface area contributed by atoms with Crippen molar-refractivity contribution in [2.45, 2.75) is 19.9 Å². The van der Waals surface area contributed by atoms with Crippen LogP contribution in [0.15, 0.2) is 18.3 Å². The van der Waals surface area contributed by atoms with Gasteiger partial charge in [-0.25, -0.2) is 0 Å². The summed E-state index contributed by atoms with van der Waals surface area (Å²) in [6.07, 6.45) is 1.83. The van der Waals surface area contributed by atoms with E-state index in [0.29, 0.717) is 0 Å². The lowest BCUT2D eigenvalue weighted by atomic mass is 10.2. The lowest BCUT2D eigenvalue weighted by molar-refractivity contribution is 0.780. The first-order valence-corrected chi connectivity index (χ1v) is 3.38. The highest BCUT2D eigenvalue weighted by Gasteiger charge is 1.97. The molecule has 0 aliphatic carbocycles. The van der Waals surface area contributed by atoms with E-state index in [1.165, 1.54) is 5.56 Å². The Morgan fingerprint density at radius 3 is 2.60 bits per heavy atom. The van der Waals surface area contributed by atoms with E-state index in [-0.39, 0.29) is 6.04 Å². The number of aromatic nitrogens is 1. The zero-order chi connectivity index (χ0) is 7.56. The third-order valence-corrected chi connectivity index (χ3v) is 1.40. The minimum Gasteiger partial charge on any atom is -0.323 e.